The Labute approximate surface area is 84.1 Å². The first-order valence-electron chi connectivity index (χ1n) is 5.30. The fraction of sp³-hybridized carbons (Fsp3) is 0.417. The summed E-state index contributed by atoms with van der Waals surface area (Å²) in [4.78, 5) is 4.55. The van der Waals surface area contributed by atoms with Gasteiger partial charge in [-0.1, -0.05) is 18.2 Å². The Balaban J connectivity index is 2.00. The van der Waals surface area contributed by atoms with E-state index in [0.717, 1.165) is 6.54 Å². The maximum atomic E-state index is 4.55. The third kappa shape index (κ3) is 1.14. The molecule has 1 aliphatic carbocycles. The summed E-state index contributed by atoms with van der Waals surface area (Å²) >= 11 is 0. The maximum absolute atomic E-state index is 4.55. The average Bonchev–Trinajstić information content (AvgIpc) is 2.29. The molecule has 2 aliphatic heterocycles. The largest absolute Gasteiger partial charge is 0.386 e. The number of dihydropyridines is 1. The highest BCUT2D eigenvalue weighted by molar-refractivity contribution is 5.73. The van der Waals surface area contributed by atoms with Crippen molar-refractivity contribution in [3.05, 3.63) is 35.6 Å². The SMILES string of the molecule is C1=CC2C=CC3=C(NCCC3)C2N=C1. The Morgan fingerprint density at radius 1 is 1.36 bits per heavy atom. The number of allylic oxidation sites excluding steroid dienone is 3. The van der Waals surface area contributed by atoms with E-state index in [0.29, 0.717) is 12.0 Å². The van der Waals surface area contributed by atoms with Gasteiger partial charge in [0.15, 0.2) is 0 Å². The molecule has 0 bridgehead atoms. The summed E-state index contributed by atoms with van der Waals surface area (Å²) in [5.41, 5.74) is 2.83. The molecular weight excluding hydrogens is 172 g/mol. The van der Waals surface area contributed by atoms with Crippen LogP contribution in [0, 0.1) is 5.92 Å². The van der Waals surface area contributed by atoms with Gasteiger partial charge in [-0.05, 0) is 24.5 Å². The molecule has 0 aromatic carbocycles. The molecule has 0 amide bonds. The first kappa shape index (κ1) is 8.04. The van der Waals surface area contributed by atoms with Gasteiger partial charge in [0.2, 0.25) is 0 Å². The molecule has 2 heterocycles. The molecule has 0 saturated carbocycles. The highest BCUT2D eigenvalue weighted by atomic mass is 15.0. The molecule has 0 spiro atoms. The summed E-state index contributed by atoms with van der Waals surface area (Å²) < 4.78 is 0. The van der Waals surface area contributed by atoms with Gasteiger partial charge in [-0.25, -0.2) is 0 Å². The fourth-order valence-electron chi connectivity index (χ4n) is 2.41. The number of hydrogen-bond acceptors (Lipinski definition) is 2. The highest BCUT2D eigenvalue weighted by Gasteiger charge is 2.28. The molecule has 3 rings (SSSR count). The lowest BCUT2D eigenvalue weighted by Crippen LogP contribution is -2.35. The number of aliphatic imine (C=N–C) groups is 1. The molecule has 0 aromatic rings. The van der Waals surface area contributed by atoms with Crippen LogP contribution in [0.3, 0.4) is 0 Å². The topological polar surface area (TPSA) is 24.4 Å². The van der Waals surface area contributed by atoms with Crippen molar-refractivity contribution in [2.45, 2.75) is 18.9 Å². The van der Waals surface area contributed by atoms with Crippen molar-refractivity contribution in [1.29, 1.82) is 0 Å². The molecule has 1 N–H and O–H groups in total. The molecule has 14 heavy (non-hydrogen) atoms. The molecule has 0 radical (unpaired) electrons. The zero-order chi connectivity index (χ0) is 9.38. The molecule has 0 saturated heterocycles. The van der Waals surface area contributed by atoms with Gasteiger partial charge in [-0.2, -0.15) is 0 Å². The van der Waals surface area contributed by atoms with Crippen LogP contribution in [0.4, 0.5) is 0 Å². The predicted octanol–water partition coefficient (Wildman–Crippen LogP) is 1.82. The minimum atomic E-state index is 0.334. The number of nitrogens with zero attached hydrogens (tertiary/aromatic N) is 1. The summed E-state index contributed by atoms with van der Waals surface area (Å²) in [6, 6.07) is 0.334. The predicted molar refractivity (Wildman–Crippen MR) is 58.3 cm³/mol. The van der Waals surface area contributed by atoms with Gasteiger partial charge < -0.3 is 5.32 Å². The Morgan fingerprint density at radius 2 is 2.36 bits per heavy atom. The zero-order valence-corrected chi connectivity index (χ0v) is 8.11. The van der Waals surface area contributed by atoms with Crippen LogP contribution in [0.15, 0.2) is 40.6 Å². The second kappa shape index (κ2) is 3.12. The van der Waals surface area contributed by atoms with Crippen LogP contribution < -0.4 is 5.32 Å². The van der Waals surface area contributed by atoms with Gasteiger partial charge in [-0.3, -0.25) is 4.99 Å². The van der Waals surface area contributed by atoms with Crippen LogP contribution in [0.5, 0.6) is 0 Å². The van der Waals surface area contributed by atoms with Gasteiger partial charge in [0.25, 0.3) is 0 Å². The minimum absolute atomic E-state index is 0.334. The summed E-state index contributed by atoms with van der Waals surface area (Å²) in [5, 5.41) is 3.50. The number of fused-ring (bicyclic) bond motifs is 2. The monoisotopic (exact) mass is 186 g/mol. The molecule has 2 atom stereocenters. The third-order valence-corrected chi connectivity index (χ3v) is 3.13. The second-order valence-corrected chi connectivity index (χ2v) is 4.03. The molecule has 72 valence electrons. The van der Waals surface area contributed by atoms with E-state index in [9.17, 15) is 0 Å². The van der Waals surface area contributed by atoms with Crippen molar-refractivity contribution in [1.82, 2.24) is 5.32 Å². The van der Waals surface area contributed by atoms with E-state index in [1.807, 2.05) is 12.3 Å². The summed E-state index contributed by atoms with van der Waals surface area (Å²) in [5.74, 6) is 0.476. The zero-order valence-electron chi connectivity index (χ0n) is 8.11. The Kier molecular flexibility index (Phi) is 1.79. The van der Waals surface area contributed by atoms with Crippen LogP contribution >= 0.6 is 0 Å². The van der Waals surface area contributed by atoms with Gasteiger partial charge >= 0.3 is 0 Å². The van der Waals surface area contributed by atoms with E-state index in [1.54, 1.807) is 0 Å². The van der Waals surface area contributed by atoms with E-state index < -0.39 is 0 Å². The molecule has 3 aliphatic rings. The maximum Gasteiger partial charge on any atom is 0.0993 e. The second-order valence-electron chi connectivity index (χ2n) is 4.03. The van der Waals surface area contributed by atoms with Crippen LogP contribution in [0.1, 0.15) is 12.8 Å². The van der Waals surface area contributed by atoms with E-state index in [-0.39, 0.29) is 0 Å². The molecule has 2 nitrogen and oxygen atoms in total. The lowest BCUT2D eigenvalue weighted by Gasteiger charge is -2.32. The minimum Gasteiger partial charge on any atom is -0.386 e. The van der Waals surface area contributed by atoms with Crippen LogP contribution in [0.2, 0.25) is 0 Å². The smallest absolute Gasteiger partial charge is 0.0993 e. The van der Waals surface area contributed by atoms with Crippen molar-refractivity contribution in [3.63, 3.8) is 0 Å². The van der Waals surface area contributed by atoms with Crippen molar-refractivity contribution in [2.75, 3.05) is 6.54 Å². The average molecular weight is 186 g/mol. The Hall–Kier alpha value is -1.31. The van der Waals surface area contributed by atoms with E-state index >= 15 is 0 Å². The lowest BCUT2D eigenvalue weighted by molar-refractivity contribution is 0.545. The van der Waals surface area contributed by atoms with Crippen LogP contribution in [-0.4, -0.2) is 18.8 Å². The van der Waals surface area contributed by atoms with Gasteiger partial charge in [0, 0.05) is 24.4 Å². The third-order valence-electron chi connectivity index (χ3n) is 3.13. The number of nitrogens with one attached hydrogen (secondary N) is 1. The standard InChI is InChI=1S/C12H14N2/c1-3-9-5-6-10-4-2-8-14-12(10)11(9)13-7-1/h1,3,5-7,9,11,14H,2,4,8H2. The molecule has 2 unspecified atom stereocenters. The molecule has 0 aromatic heterocycles. The van der Waals surface area contributed by atoms with Crippen molar-refractivity contribution in [2.24, 2.45) is 10.9 Å². The first-order valence-corrected chi connectivity index (χ1v) is 5.30. The first-order chi connectivity index (χ1) is 6.95. The molecule has 0 fully saturated rings. The van der Waals surface area contributed by atoms with E-state index in [4.69, 9.17) is 0 Å². The summed E-state index contributed by atoms with van der Waals surface area (Å²) in [7, 11) is 0. The van der Waals surface area contributed by atoms with Gasteiger partial charge in [0.05, 0.1) is 6.04 Å². The lowest BCUT2D eigenvalue weighted by atomic mass is 9.84. The number of hydrogen-bond donors (Lipinski definition) is 1. The Morgan fingerprint density at radius 3 is 3.36 bits per heavy atom. The quantitative estimate of drug-likeness (QED) is 0.613. The molecular formula is C12H14N2. The normalized spacial score (nSPS) is 33.7. The van der Waals surface area contributed by atoms with Crippen molar-refractivity contribution >= 4 is 6.21 Å². The van der Waals surface area contributed by atoms with Gasteiger partial charge in [-0.15, -0.1) is 0 Å². The summed E-state index contributed by atoms with van der Waals surface area (Å²) in [6.07, 6.45) is 13.2. The van der Waals surface area contributed by atoms with E-state index in [2.05, 4.69) is 28.5 Å². The Bertz CT molecular complexity index is 361. The number of rotatable bonds is 0. The van der Waals surface area contributed by atoms with Crippen LogP contribution in [0.25, 0.3) is 0 Å². The van der Waals surface area contributed by atoms with Gasteiger partial charge in [0.1, 0.15) is 0 Å². The molecule has 2 heteroatoms. The van der Waals surface area contributed by atoms with Crippen LogP contribution in [-0.2, 0) is 0 Å². The van der Waals surface area contributed by atoms with E-state index in [1.165, 1.54) is 24.1 Å². The van der Waals surface area contributed by atoms with Crippen molar-refractivity contribution in [3.8, 4) is 0 Å². The van der Waals surface area contributed by atoms with Crippen molar-refractivity contribution < 1.29 is 0 Å². The highest BCUT2D eigenvalue weighted by Crippen LogP contribution is 2.31. The summed E-state index contributed by atoms with van der Waals surface area (Å²) in [6.45, 7) is 1.11. The fourth-order valence-corrected chi connectivity index (χ4v) is 2.41.